The number of halogens is 1. The Labute approximate surface area is 115 Å². The molecule has 2 atom stereocenters. The molecule has 0 spiro atoms. The molecule has 1 fully saturated rings. The zero-order valence-electron chi connectivity index (χ0n) is 10.6. The van der Waals surface area contributed by atoms with Crippen LogP contribution >= 0.6 is 11.6 Å². The molecule has 2 rings (SSSR count). The van der Waals surface area contributed by atoms with Gasteiger partial charge in [-0.3, -0.25) is 4.79 Å². The zero-order valence-corrected chi connectivity index (χ0v) is 11.4. The second kappa shape index (κ2) is 5.61. The van der Waals surface area contributed by atoms with Gasteiger partial charge in [0.2, 0.25) is 0 Å². The largest absolute Gasteiger partial charge is 0.358 e. The number of nitrogens with zero attached hydrogens (tertiary/aromatic N) is 2. The Morgan fingerprint density at radius 1 is 1.47 bits per heavy atom. The smallest absolute Gasteiger partial charge is 0.321 e. The molecule has 1 heterocycles. The van der Waals surface area contributed by atoms with Crippen molar-refractivity contribution in [3.8, 4) is 0 Å². The van der Waals surface area contributed by atoms with Gasteiger partial charge in [-0.1, -0.05) is 12.8 Å². The molecule has 104 valence electrons. The Hall–Kier alpha value is -1.56. The molecular weight excluding hydrogens is 270 g/mol. The van der Waals surface area contributed by atoms with E-state index in [1.165, 1.54) is 12.1 Å². The predicted molar refractivity (Wildman–Crippen MR) is 71.4 cm³/mol. The Morgan fingerprint density at radius 3 is 2.74 bits per heavy atom. The Bertz CT molecular complexity index is 488. The summed E-state index contributed by atoms with van der Waals surface area (Å²) in [6, 6.07) is 2.72. The van der Waals surface area contributed by atoms with E-state index in [1.807, 2.05) is 0 Å². The van der Waals surface area contributed by atoms with Gasteiger partial charge in [-0.25, -0.2) is 4.98 Å². The highest BCUT2D eigenvalue weighted by molar-refractivity contribution is 6.21. The van der Waals surface area contributed by atoms with Crippen LogP contribution in [0.4, 0.5) is 5.82 Å². The monoisotopic (exact) mass is 285 g/mol. The van der Waals surface area contributed by atoms with E-state index in [-0.39, 0.29) is 28.8 Å². The fourth-order valence-corrected chi connectivity index (χ4v) is 2.91. The summed E-state index contributed by atoms with van der Waals surface area (Å²) in [5, 5.41) is 10.5. The van der Waals surface area contributed by atoms with Gasteiger partial charge >= 0.3 is 5.82 Å². The third-order valence-electron chi connectivity index (χ3n) is 3.56. The van der Waals surface area contributed by atoms with Crippen molar-refractivity contribution in [2.45, 2.75) is 37.1 Å². The van der Waals surface area contributed by atoms with Crippen LogP contribution in [-0.2, 0) is 0 Å². The number of nitro groups is 1. The molecule has 6 nitrogen and oxygen atoms in total. The molecule has 1 aromatic heterocycles. The molecule has 1 N–H and O–H groups in total. The minimum atomic E-state index is -0.554. The normalized spacial score (nSPS) is 23.1. The first-order chi connectivity index (χ1) is 9.00. The lowest BCUT2D eigenvalue weighted by atomic mass is 9.94. The number of nitrogens with one attached hydrogen (secondary N) is 1. The Kier molecular flexibility index (Phi) is 4.09. The highest BCUT2D eigenvalue weighted by atomic mass is 35.5. The van der Waals surface area contributed by atoms with E-state index < -0.39 is 4.92 Å². The van der Waals surface area contributed by atoms with Crippen molar-refractivity contribution in [3.63, 3.8) is 0 Å². The SMILES string of the molecule is CN(C(=O)c1ccc([N+](=O)[O-])[nH]1)C1CCCCC1Cl. The van der Waals surface area contributed by atoms with Gasteiger partial charge in [-0.2, -0.15) is 0 Å². The van der Waals surface area contributed by atoms with Crippen LogP contribution in [0.3, 0.4) is 0 Å². The van der Waals surface area contributed by atoms with Crippen molar-refractivity contribution in [1.29, 1.82) is 0 Å². The molecule has 2 unspecified atom stereocenters. The summed E-state index contributed by atoms with van der Waals surface area (Å²) in [4.78, 5) is 26.4. The van der Waals surface area contributed by atoms with Gasteiger partial charge in [0.25, 0.3) is 5.91 Å². The number of H-pyrrole nitrogens is 1. The first-order valence-electron chi connectivity index (χ1n) is 6.25. The van der Waals surface area contributed by atoms with Crippen molar-refractivity contribution < 1.29 is 9.72 Å². The quantitative estimate of drug-likeness (QED) is 0.526. The third kappa shape index (κ3) is 2.89. The summed E-state index contributed by atoms with van der Waals surface area (Å²) in [6.07, 6.45) is 3.91. The first kappa shape index (κ1) is 13.9. The van der Waals surface area contributed by atoms with Crippen LogP contribution < -0.4 is 0 Å². The van der Waals surface area contributed by atoms with Crippen LogP contribution in [0.25, 0.3) is 0 Å². The number of aromatic amines is 1. The molecule has 7 heteroatoms. The molecule has 1 aromatic rings. The van der Waals surface area contributed by atoms with E-state index >= 15 is 0 Å². The van der Waals surface area contributed by atoms with Gasteiger partial charge in [0.15, 0.2) is 5.69 Å². The van der Waals surface area contributed by atoms with Crippen molar-refractivity contribution >= 4 is 23.3 Å². The number of aromatic nitrogens is 1. The first-order valence-corrected chi connectivity index (χ1v) is 6.69. The van der Waals surface area contributed by atoms with E-state index in [4.69, 9.17) is 11.6 Å². The number of amides is 1. The fraction of sp³-hybridized carbons (Fsp3) is 0.583. The van der Waals surface area contributed by atoms with Gasteiger partial charge < -0.3 is 15.0 Å². The molecule has 0 aromatic carbocycles. The second-order valence-corrected chi connectivity index (χ2v) is 5.36. The maximum atomic E-state index is 12.2. The average Bonchev–Trinajstić information content (AvgIpc) is 2.87. The molecule has 1 amide bonds. The fourth-order valence-electron chi connectivity index (χ4n) is 2.46. The molecule has 0 saturated heterocycles. The third-order valence-corrected chi connectivity index (χ3v) is 4.07. The second-order valence-electron chi connectivity index (χ2n) is 4.80. The van der Waals surface area contributed by atoms with Crippen molar-refractivity contribution in [3.05, 3.63) is 27.9 Å². The predicted octanol–water partition coefficient (Wildman–Crippen LogP) is 2.54. The van der Waals surface area contributed by atoms with Crippen LogP contribution in [0.5, 0.6) is 0 Å². The number of rotatable bonds is 3. The highest BCUT2D eigenvalue weighted by Gasteiger charge is 2.31. The maximum absolute atomic E-state index is 12.2. The van der Waals surface area contributed by atoms with Crippen molar-refractivity contribution in [2.24, 2.45) is 0 Å². The lowest BCUT2D eigenvalue weighted by Gasteiger charge is -2.34. The minimum absolute atomic E-state index is 0.00901. The lowest BCUT2D eigenvalue weighted by Crippen LogP contribution is -2.44. The topological polar surface area (TPSA) is 79.2 Å². The van der Waals surface area contributed by atoms with E-state index in [9.17, 15) is 14.9 Å². The summed E-state index contributed by atoms with van der Waals surface area (Å²) in [7, 11) is 1.69. The summed E-state index contributed by atoms with van der Waals surface area (Å²) >= 11 is 6.25. The van der Waals surface area contributed by atoms with Crippen molar-refractivity contribution in [2.75, 3.05) is 7.05 Å². The standard InChI is InChI=1S/C12H16ClN3O3/c1-15(10-5-3-2-4-8(10)13)12(17)9-6-7-11(14-9)16(18)19/h6-8,10,14H,2-5H2,1H3. The van der Waals surface area contributed by atoms with Gasteiger partial charge in [-0.05, 0) is 23.8 Å². The van der Waals surface area contributed by atoms with Crippen LogP contribution in [-0.4, -0.2) is 39.2 Å². The summed E-state index contributed by atoms with van der Waals surface area (Å²) in [5.41, 5.74) is 0.226. The number of alkyl halides is 1. The summed E-state index contributed by atoms with van der Waals surface area (Å²) in [6.45, 7) is 0. The number of hydrogen-bond acceptors (Lipinski definition) is 3. The minimum Gasteiger partial charge on any atom is -0.358 e. The Morgan fingerprint density at radius 2 is 2.16 bits per heavy atom. The van der Waals surface area contributed by atoms with E-state index in [1.54, 1.807) is 11.9 Å². The van der Waals surface area contributed by atoms with E-state index in [0.717, 1.165) is 25.7 Å². The van der Waals surface area contributed by atoms with Crippen molar-refractivity contribution in [1.82, 2.24) is 9.88 Å². The van der Waals surface area contributed by atoms with E-state index in [0.29, 0.717) is 0 Å². The van der Waals surface area contributed by atoms with Crippen LogP contribution in [0.1, 0.15) is 36.2 Å². The molecule has 19 heavy (non-hydrogen) atoms. The van der Waals surface area contributed by atoms with Gasteiger partial charge in [0, 0.05) is 19.2 Å². The van der Waals surface area contributed by atoms with E-state index in [2.05, 4.69) is 4.98 Å². The molecule has 0 aliphatic heterocycles. The van der Waals surface area contributed by atoms with Crippen LogP contribution in [0.15, 0.2) is 12.1 Å². The summed E-state index contributed by atoms with van der Waals surface area (Å²) < 4.78 is 0. The maximum Gasteiger partial charge on any atom is 0.321 e. The van der Waals surface area contributed by atoms with Gasteiger partial charge in [0.05, 0.1) is 5.38 Å². The summed E-state index contributed by atoms with van der Waals surface area (Å²) in [5.74, 6) is -0.437. The number of carbonyl (C=O) groups is 1. The number of hydrogen-bond donors (Lipinski definition) is 1. The lowest BCUT2D eigenvalue weighted by molar-refractivity contribution is -0.389. The average molecular weight is 286 g/mol. The molecule has 1 aliphatic rings. The Balaban J connectivity index is 2.11. The van der Waals surface area contributed by atoms with Crippen LogP contribution in [0, 0.1) is 10.1 Å². The van der Waals surface area contributed by atoms with Gasteiger partial charge in [0.1, 0.15) is 0 Å². The van der Waals surface area contributed by atoms with Gasteiger partial charge in [-0.15, -0.1) is 11.6 Å². The molecule has 1 aliphatic carbocycles. The molecule has 0 radical (unpaired) electrons. The molecular formula is C12H16ClN3O3. The molecule has 0 bridgehead atoms. The zero-order chi connectivity index (χ0) is 14.0. The number of carbonyl (C=O) groups excluding carboxylic acids is 1. The highest BCUT2D eigenvalue weighted by Crippen LogP contribution is 2.27. The van der Waals surface area contributed by atoms with Crippen LogP contribution in [0.2, 0.25) is 0 Å². The molecule has 1 saturated carbocycles.